The van der Waals surface area contributed by atoms with Crippen LogP contribution >= 0.6 is 0 Å². The normalized spacial score (nSPS) is 20.9. The maximum atomic E-state index is 13.5. The second-order valence-corrected chi connectivity index (χ2v) is 4.35. The van der Waals surface area contributed by atoms with E-state index < -0.39 is 12.2 Å². The van der Waals surface area contributed by atoms with Crippen LogP contribution in [-0.2, 0) is 9.53 Å². The van der Waals surface area contributed by atoms with Gasteiger partial charge in [-0.15, -0.1) is 0 Å². The van der Waals surface area contributed by atoms with E-state index in [1.165, 1.54) is 6.07 Å². The molecule has 1 amide bonds. The Balaban J connectivity index is 1.67. The first kappa shape index (κ1) is 11.9. The van der Waals surface area contributed by atoms with E-state index in [1.807, 2.05) is 18.2 Å². The number of hydrogen-bond donors (Lipinski definition) is 1. The molecule has 2 aromatic carbocycles. The summed E-state index contributed by atoms with van der Waals surface area (Å²) in [5, 5.41) is 2.74. The largest absolute Gasteiger partial charge is 0.354 e. The fourth-order valence-corrected chi connectivity index (χ4v) is 1.99. The summed E-state index contributed by atoms with van der Waals surface area (Å²) >= 11 is 0. The zero-order chi connectivity index (χ0) is 13.2. The molecule has 1 aliphatic heterocycles. The molecular weight excluding hydrogens is 245 g/mol. The molecule has 0 saturated carbocycles. The Morgan fingerprint density at radius 3 is 2.47 bits per heavy atom. The Morgan fingerprint density at radius 1 is 1.05 bits per heavy atom. The lowest BCUT2D eigenvalue weighted by molar-refractivity contribution is -0.117. The average molecular weight is 257 g/mol. The number of epoxide rings is 1. The molecule has 1 N–H and O–H groups in total. The number of benzene rings is 2. The quantitative estimate of drug-likeness (QED) is 0.859. The van der Waals surface area contributed by atoms with Crippen molar-refractivity contribution in [2.24, 2.45) is 0 Å². The minimum atomic E-state index is -0.614. The first-order valence-electron chi connectivity index (χ1n) is 6.01. The number of anilines is 1. The Hall–Kier alpha value is -2.20. The van der Waals surface area contributed by atoms with E-state index in [0.717, 1.165) is 0 Å². The van der Waals surface area contributed by atoms with Gasteiger partial charge in [0.25, 0.3) is 5.91 Å². The highest BCUT2D eigenvalue weighted by Crippen LogP contribution is 2.40. The minimum Gasteiger partial charge on any atom is -0.354 e. The molecule has 0 spiro atoms. The highest BCUT2D eigenvalue weighted by molar-refractivity contribution is 5.96. The summed E-state index contributed by atoms with van der Waals surface area (Å²) in [6.45, 7) is 0. The van der Waals surface area contributed by atoms with Gasteiger partial charge in [0, 0.05) is 11.3 Å². The molecule has 1 saturated heterocycles. The van der Waals surface area contributed by atoms with Crippen molar-refractivity contribution in [3.63, 3.8) is 0 Å². The summed E-state index contributed by atoms with van der Waals surface area (Å²) in [6, 6.07) is 15.4. The molecule has 0 radical (unpaired) electrons. The first-order valence-corrected chi connectivity index (χ1v) is 6.01. The Bertz CT molecular complexity index is 600. The molecule has 3 rings (SSSR count). The smallest absolute Gasteiger partial charge is 0.256 e. The maximum Gasteiger partial charge on any atom is 0.256 e. The summed E-state index contributed by atoms with van der Waals surface area (Å²) in [5.41, 5.74) is 1.13. The molecule has 1 aliphatic rings. The summed E-state index contributed by atoms with van der Waals surface area (Å²) < 4.78 is 18.8. The van der Waals surface area contributed by atoms with Gasteiger partial charge in [-0.1, -0.05) is 36.4 Å². The van der Waals surface area contributed by atoms with Crippen LogP contribution in [0.5, 0.6) is 0 Å². The second kappa shape index (κ2) is 4.82. The van der Waals surface area contributed by atoms with Gasteiger partial charge in [-0.2, -0.15) is 0 Å². The Kier molecular flexibility index (Phi) is 3.01. The Morgan fingerprint density at radius 2 is 1.74 bits per heavy atom. The van der Waals surface area contributed by atoms with Gasteiger partial charge in [0.2, 0.25) is 0 Å². The molecule has 0 aromatic heterocycles. The molecule has 96 valence electrons. The lowest BCUT2D eigenvalue weighted by Crippen LogP contribution is -2.18. The van der Waals surface area contributed by atoms with Gasteiger partial charge in [0.05, 0.1) is 0 Å². The van der Waals surface area contributed by atoms with Crippen LogP contribution in [-0.4, -0.2) is 12.0 Å². The highest BCUT2D eigenvalue weighted by Gasteiger charge is 2.47. The van der Waals surface area contributed by atoms with Crippen molar-refractivity contribution in [1.29, 1.82) is 0 Å². The standard InChI is InChI=1S/C15H12FNO2/c16-12-9-5-4-8-11(12)13-14(19-13)15(18)17-10-6-2-1-3-7-10/h1-9,13-14H,(H,17,18)/t13-,14-/m1/s1. The van der Waals surface area contributed by atoms with Crippen LogP contribution in [0.2, 0.25) is 0 Å². The van der Waals surface area contributed by atoms with E-state index in [-0.39, 0.29) is 11.7 Å². The predicted molar refractivity (Wildman–Crippen MR) is 69.1 cm³/mol. The Labute approximate surface area is 110 Å². The van der Waals surface area contributed by atoms with Crippen LogP contribution < -0.4 is 5.32 Å². The van der Waals surface area contributed by atoms with Gasteiger partial charge in [0.15, 0.2) is 6.10 Å². The molecule has 0 unspecified atom stereocenters. The fraction of sp³-hybridized carbons (Fsp3) is 0.133. The summed E-state index contributed by atoms with van der Waals surface area (Å²) in [6.07, 6.45) is -1.10. The van der Waals surface area contributed by atoms with E-state index in [4.69, 9.17) is 4.74 Å². The van der Waals surface area contributed by atoms with Gasteiger partial charge >= 0.3 is 0 Å². The van der Waals surface area contributed by atoms with Crippen molar-refractivity contribution >= 4 is 11.6 Å². The fourth-order valence-electron chi connectivity index (χ4n) is 1.99. The van der Waals surface area contributed by atoms with Crippen molar-refractivity contribution in [3.8, 4) is 0 Å². The molecule has 0 bridgehead atoms. The van der Waals surface area contributed by atoms with Crippen molar-refractivity contribution < 1.29 is 13.9 Å². The van der Waals surface area contributed by atoms with Gasteiger partial charge in [-0.25, -0.2) is 4.39 Å². The highest BCUT2D eigenvalue weighted by atomic mass is 19.1. The van der Waals surface area contributed by atoms with Crippen molar-refractivity contribution in [2.45, 2.75) is 12.2 Å². The van der Waals surface area contributed by atoms with Crippen molar-refractivity contribution in [2.75, 3.05) is 5.32 Å². The SMILES string of the molecule is O=C(Nc1ccccc1)[C@@H]1O[C@@H]1c1ccccc1F. The minimum absolute atomic E-state index is 0.251. The topological polar surface area (TPSA) is 41.6 Å². The number of para-hydroxylation sites is 1. The van der Waals surface area contributed by atoms with Crippen LogP contribution in [0, 0.1) is 5.82 Å². The number of carbonyl (C=O) groups is 1. The predicted octanol–water partition coefficient (Wildman–Crippen LogP) is 2.90. The number of halogens is 1. The molecular formula is C15H12FNO2. The maximum absolute atomic E-state index is 13.5. The molecule has 2 aromatic rings. The van der Waals surface area contributed by atoms with Gasteiger partial charge in [0.1, 0.15) is 11.9 Å². The number of hydrogen-bond acceptors (Lipinski definition) is 2. The third kappa shape index (κ3) is 2.48. The summed E-state index contributed by atoms with van der Waals surface area (Å²) in [5.74, 6) is -0.595. The average Bonchev–Trinajstić information content (AvgIpc) is 3.21. The molecule has 2 atom stereocenters. The van der Waals surface area contributed by atoms with Gasteiger partial charge < -0.3 is 10.1 Å². The summed E-state index contributed by atoms with van der Waals surface area (Å²) in [7, 11) is 0. The number of ether oxygens (including phenoxy) is 1. The zero-order valence-electron chi connectivity index (χ0n) is 10.0. The van der Waals surface area contributed by atoms with Crippen LogP contribution in [0.15, 0.2) is 54.6 Å². The van der Waals surface area contributed by atoms with Gasteiger partial charge in [-0.05, 0) is 18.2 Å². The lowest BCUT2D eigenvalue weighted by atomic mass is 10.1. The first-order chi connectivity index (χ1) is 9.25. The third-order valence-corrected chi connectivity index (χ3v) is 3.00. The van der Waals surface area contributed by atoms with E-state index >= 15 is 0 Å². The van der Waals surface area contributed by atoms with Crippen molar-refractivity contribution in [3.05, 3.63) is 66.0 Å². The number of nitrogens with one attached hydrogen (secondary N) is 1. The van der Waals surface area contributed by atoms with Gasteiger partial charge in [-0.3, -0.25) is 4.79 Å². The lowest BCUT2D eigenvalue weighted by Gasteiger charge is -2.02. The monoisotopic (exact) mass is 257 g/mol. The molecule has 0 aliphatic carbocycles. The van der Waals surface area contributed by atoms with E-state index in [1.54, 1.807) is 30.3 Å². The second-order valence-electron chi connectivity index (χ2n) is 4.35. The van der Waals surface area contributed by atoms with Crippen molar-refractivity contribution in [1.82, 2.24) is 0 Å². The van der Waals surface area contributed by atoms with Crippen LogP contribution in [0.1, 0.15) is 11.7 Å². The van der Waals surface area contributed by atoms with Crippen LogP contribution in [0.4, 0.5) is 10.1 Å². The van der Waals surface area contributed by atoms with Crippen LogP contribution in [0.25, 0.3) is 0 Å². The number of carbonyl (C=O) groups excluding carboxylic acids is 1. The molecule has 4 heteroatoms. The molecule has 1 heterocycles. The number of rotatable bonds is 3. The van der Waals surface area contributed by atoms with Crippen LogP contribution in [0.3, 0.4) is 0 Å². The zero-order valence-corrected chi connectivity index (χ0v) is 10.0. The van der Waals surface area contributed by atoms with E-state index in [2.05, 4.69) is 5.32 Å². The molecule has 1 fully saturated rings. The van der Waals surface area contributed by atoms with E-state index in [0.29, 0.717) is 11.3 Å². The number of amides is 1. The third-order valence-electron chi connectivity index (χ3n) is 3.00. The molecule has 3 nitrogen and oxygen atoms in total. The summed E-state index contributed by atoms with van der Waals surface area (Å²) in [4.78, 5) is 11.9. The van der Waals surface area contributed by atoms with E-state index in [9.17, 15) is 9.18 Å². The molecule has 19 heavy (non-hydrogen) atoms.